The van der Waals surface area contributed by atoms with Crippen LogP contribution in [0, 0.1) is 0 Å². The molecule has 1 aromatic heterocycles. The van der Waals surface area contributed by atoms with Crippen molar-refractivity contribution in [2.24, 2.45) is 0 Å². The van der Waals surface area contributed by atoms with Gasteiger partial charge in [-0.2, -0.15) is 0 Å². The van der Waals surface area contributed by atoms with Crippen molar-refractivity contribution in [2.75, 3.05) is 7.11 Å². The second-order valence-electron chi connectivity index (χ2n) is 6.01. The summed E-state index contributed by atoms with van der Waals surface area (Å²) in [5, 5.41) is 2.89. The Hall–Kier alpha value is -3.02. The molecule has 3 rings (SSSR count). The number of imidazole rings is 1. The van der Waals surface area contributed by atoms with Crippen molar-refractivity contribution in [2.45, 2.75) is 33.0 Å². The van der Waals surface area contributed by atoms with Crippen molar-refractivity contribution >= 4 is 16.9 Å². The molecule has 1 heterocycles. The van der Waals surface area contributed by atoms with Crippen molar-refractivity contribution < 1.29 is 9.53 Å². The second-order valence-corrected chi connectivity index (χ2v) is 6.01. The van der Waals surface area contributed by atoms with E-state index < -0.39 is 0 Å². The number of para-hydroxylation sites is 3. The fourth-order valence-electron chi connectivity index (χ4n) is 3.14. The molecule has 0 saturated heterocycles. The van der Waals surface area contributed by atoms with E-state index >= 15 is 0 Å². The highest BCUT2D eigenvalue weighted by Gasteiger charge is 2.13. The van der Waals surface area contributed by atoms with Crippen LogP contribution in [0.15, 0.2) is 53.3 Å². The van der Waals surface area contributed by atoms with Gasteiger partial charge in [-0.3, -0.25) is 13.9 Å². The Bertz CT molecular complexity index is 972. The maximum Gasteiger partial charge on any atom is 0.329 e. The second kappa shape index (κ2) is 7.91. The van der Waals surface area contributed by atoms with E-state index in [4.69, 9.17) is 4.74 Å². The lowest BCUT2D eigenvalue weighted by Gasteiger charge is -2.09. The van der Waals surface area contributed by atoms with E-state index in [9.17, 15) is 9.59 Å². The van der Waals surface area contributed by atoms with E-state index in [-0.39, 0.29) is 18.0 Å². The first kappa shape index (κ1) is 17.8. The Balaban J connectivity index is 1.68. The van der Waals surface area contributed by atoms with Crippen molar-refractivity contribution in [1.29, 1.82) is 0 Å². The number of carbonyl (C=O) groups is 1. The van der Waals surface area contributed by atoms with Crippen LogP contribution >= 0.6 is 0 Å². The SMILES string of the molecule is CCn1c(=O)n(CCC(=O)NCc2ccccc2OC)c2ccccc21. The van der Waals surface area contributed by atoms with Crippen molar-refractivity contribution in [3.05, 3.63) is 64.6 Å². The van der Waals surface area contributed by atoms with E-state index in [1.54, 1.807) is 16.2 Å². The molecule has 0 aliphatic heterocycles. The van der Waals surface area contributed by atoms with Gasteiger partial charge in [0, 0.05) is 31.6 Å². The summed E-state index contributed by atoms with van der Waals surface area (Å²) in [6, 6.07) is 15.2. The molecule has 0 atom stereocenters. The summed E-state index contributed by atoms with van der Waals surface area (Å²) < 4.78 is 8.68. The monoisotopic (exact) mass is 353 g/mol. The van der Waals surface area contributed by atoms with E-state index in [1.807, 2.05) is 55.5 Å². The maximum atomic E-state index is 12.6. The smallest absolute Gasteiger partial charge is 0.329 e. The van der Waals surface area contributed by atoms with Crippen LogP contribution in [0.4, 0.5) is 0 Å². The van der Waals surface area contributed by atoms with Gasteiger partial charge < -0.3 is 10.1 Å². The van der Waals surface area contributed by atoms with Crippen LogP contribution in [-0.2, 0) is 24.4 Å². The molecule has 3 aromatic rings. The predicted molar refractivity (Wildman–Crippen MR) is 101 cm³/mol. The number of benzene rings is 2. The van der Waals surface area contributed by atoms with Crippen LogP contribution in [0.3, 0.4) is 0 Å². The number of nitrogens with zero attached hydrogens (tertiary/aromatic N) is 2. The molecule has 0 unspecified atom stereocenters. The summed E-state index contributed by atoms with van der Waals surface area (Å²) in [5.74, 6) is 0.645. The summed E-state index contributed by atoms with van der Waals surface area (Å²) >= 11 is 0. The zero-order valence-electron chi connectivity index (χ0n) is 15.1. The lowest BCUT2D eigenvalue weighted by molar-refractivity contribution is -0.121. The fraction of sp³-hybridized carbons (Fsp3) is 0.300. The number of amides is 1. The summed E-state index contributed by atoms with van der Waals surface area (Å²) in [4.78, 5) is 24.8. The van der Waals surface area contributed by atoms with E-state index in [2.05, 4.69) is 5.32 Å². The van der Waals surface area contributed by atoms with E-state index in [0.29, 0.717) is 19.6 Å². The Morgan fingerprint density at radius 1 is 1.04 bits per heavy atom. The van der Waals surface area contributed by atoms with Gasteiger partial charge in [0.25, 0.3) is 0 Å². The number of aryl methyl sites for hydroxylation is 2. The molecule has 6 heteroatoms. The van der Waals surface area contributed by atoms with Crippen LogP contribution in [0.1, 0.15) is 18.9 Å². The van der Waals surface area contributed by atoms with Gasteiger partial charge in [-0.15, -0.1) is 0 Å². The first-order valence-electron chi connectivity index (χ1n) is 8.72. The van der Waals surface area contributed by atoms with Gasteiger partial charge in [0.1, 0.15) is 5.75 Å². The number of hydrogen-bond donors (Lipinski definition) is 1. The Labute approximate surface area is 152 Å². The van der Waals surface area contributed by atoms with Crippen LogP contribution in [-0.4, -0.2) is 22.2 Å². The lowest BCUT2D eigenvalue weighted by Crippen LogP contribution is -2.28. The predicted octanol–water partition coefficient (Wildman–Crippen LogP) is 2.54. The third kappa shape index (κ3) is 3.49. The number of hydrogen-bond acceptors (Lipinski definition) is 3. The zero-order valence-corrected chi connectivity index (χ0v) is 15.1. The molecule has 1 N–H and O–H groups in total. The van der Waals surface area contributed by atoms with Crippen molar-refractivity contribution in [3.8, 4) is 5.75 Å². The third-order valence-corrected chi connectivity index (χ3v) is 4.47. The molecule has 26 heavy (non-hydrogen) atoms. The minimum absolute atomic E-state index is 0.0776. The van der Waals surface area contributed by atoms with Crippen LogP contribution in [0.2, 0.25) is 0 Å². The maximum absolute atomic E-state index is 12.6. The van der Waals surface area contributed by atoms with Gasteiger partial charge in [-0.25, -0.2) is 4.79 Å². The summed E-state index contributed by atoms with van der Waals surface area (Å²) in [6.45, 7) is 3.29. The molecule has 0 saturated carbocycles. The first-order valence-corrected chi connectivity index (χ1v) is 8.72. The Morgan fingerprint density at radius 2 is 1.69 bits per heavy atom. The highest BCUT2D eigenvalue weighted by Crippen LogP contribution is 2.17. The molecule has 0 fully saturated rings. The van der Waals surface area contributed by atoms with Crippen molar-refractivity contribution in [3.63, 3.8) is 0 Å². The molecule has 136 valence electrons. The molecule has 6 nitrogen and oxygen atoms in total. The number of nitrogens with one attached hydrogen (secondary N) is 1. The molecular formula is C20H23N3O3. The standard InChI is InChI=1S/C20H23N3O3/c1-3-22-16-9-5-6-10-17(16)23(20(22)25)13-12-19(24)21-14-15-8-4-7-11-18(15)26-2/h4-11H,3,12-14H2,1-2H3,(H,21,24). The molecule has 1 amide bonds. The quantitative estimate of drug-likeness (QED) is 0.710. The minimum atomic E-state index is -0.101. The molecular weight excluding hydrogens is 330 g/mol. The Morgan fingerprint density at radius 3 is 2.38 bits per heavy atom. The van der Waals surface area contributed by atoms with Crippen LogP contribution < -0.4 is 15.7 Å². The molecule has 0 spiro atoms. The van der Waals surface area contributed by atoms with Gasteiger partial charge in [0.05, 0.1) is 18.1 Å². The number of fused-ring (bicyclic) bond motifs is 1. The molecule has 0 bridgehead atoms. The summed E-state index contributed by atoms with van der Waals surface area (Å²) in [7, 11) is 1.61. The normalized spacial score (nSPS) is 10.8. The largest absolute Gasteiger partial charge is 0.496 e. The van der Waals surface area contributed by atoms with Crippen LogP contribution in [0.25, 0.3) is 11.0 Å². The topological polar surface area (TPSA) is 65.3 Å². The molecule has 0 aliphatic rings. The zero-order chi connectivity index (χ0) is 18.5. The number of rotatable bonds is 7. The first-order chi connectivity index (χ1) is 12.7. The van der Waals surface area contributed by atoms with Gasteiger partial charge >= 0.3 is 5.69 Å². The number of ether oxygens (including phenoxy) is 1. The van der Waals surface area contributed by atoms with Crippen molar-refractivity contribution in [1.82, 2.24) is 14.5 Å². The summed E-state index contributed by atoms with van der Waals surface area (Å²) in [5.41, 5.74) is 2.60. The minimum Gasteiger partial charge on any atom is -0.496 e. The highest BCUT2D eigenvalue weighted by atomic mass is 16.5. The third-order valence-electron chi connectivity index (χ3n) is 4.47. The Kier molecular flexibility index (Phi) is 5.41. The van der Waals surface area contributed by atoms with Crippen LogP contribution in [0.5, 0.6) is 5.75 Å². The van der Waals surface area contributed by atoms with E-state index in [1.165, 1.54) is 0 Å². The fourth-order valence-corrected chi connectivity index (χ4v) is 3.14. The van der Waals surface area contributed by atoms with E-state index in [0.717, 1.165) is 22.3 Å². The van der Waals surface area contributed by atoms with Gasteiger partial charge in [-0.05, 0) is 25.1 Å². The van der Waals surface area contributed by atoms with Gasteiger partial charge in [-0.1, -0.05) is 30.3 Å². The molecule has 0 aliphatic carbocycles. The van der Waals surface area contributed by atoms with Gasteiger partial charge in [0.2, 0.25) is 5.91 Å². The van der Waals surface area contributed by atoms with Gasteiger partial charge in [0.15, 0.2) is 0 Å². The average Bonchev–Trinajstić information content (AvgIpc) is 2.95. The molecule has 2 aromatic carbocycles. The summed E-state index contributed by atoms with van der Waals surface area (Å²) in [6.07, 6.45) is 0.243. The number of carbonyl (C=O) groups excluding carboxylic acids is 1. The molecule has 0 radical (unpaired) electrons. The lowest BCUT2D eigenvalue weighted by atomic mass is 10.2. The highest BCUT2D eigenvalue weighted by molar-refractivity contribution is 5.78. The number of aromatic nitrogens is 2. The average molecular weight is 353 g/mol. The number of methoxy groups -OCH3 is 1.